The first-order valence-electron chi connectivity index (χ1n) is 9.19. The van der Waals surface area contributed by atoms with E-state index in [0.29, 0.717) is 29.0 Å². The molecular formula is C20H22FN3O4S. The third-order valence-corrected chi connectivity index (χ3v) is 6.49. The molecule has 29 heavy (non-hydrogen) atoms. The highest BCUT2D eigenvalue weighted by Crippen LogP contribution is 2.27. The number of aromatic nitrogens is 2. The highest BCUT2D eigenvalue weighted by atomic mass is 32.2. The van der Waals surface area contributed by atoms with Gasteiger partial charge in [-0.05, 0) is 48.9 Å². The van der Waals surface area contributed by atoms with E-state index in [9.17, 15) is 22.7 Å². The number of aliphatic carboxylic acids is 1. The first-order valence-corrected chi connectivity index (χ1v) is 10.6. The average molecular weight is 419 g/mol. The van der Waals surface area contributed by atoms with Crippen LogP contribution in [0, 0.1) is 5.82 Å². The van der Waals surface area contributed by atoms with Crippen LogP contribution < -0.4 is 4.31 Å². The van der Waals surface area contributed by atoms with Crippen molar-refractivity contribution in [3.63, 3.8) is 0 Å². The molecule has 0 aliphatic heterocycles. The van der Waals surface area contributed by atoms with Gasteiger partial charge in [0.15, 0.2) is 0 Å². The molecule has 1 heterocycles. The Bertz CT molecular complexity index is 1140. The molecule has 0 unspecified atom stereocenters. The van der Waals surface area contributed by atoms with Crippen LogP contribution in [0.25, 0.3) is 11.0 Å². The topological polar surface area (TPSA) is 92.5 Å². The van der Waals surface area contributed by atoms with Crippen molar-refractivity contribution in [2.75, 3.05) is 11.4 Å². The minimum Gasteiger partial charge on any atom is -0.480 e. The van der Waals surface area contributed by atoms with Crippen molar-refractivity contribution in [3.8, 4) is 0 Å². The second-order valence-electron chi connectivity index (χ2n) is 6.71. The number of unbranched alkanes of at least 4 members (excludes halogenated alkanes) is 1. The largest absolute Gasteiger partial charge is 0.480 e. The zero-order valence-electron chi connectivity index (χ0n) is 16.2. The number of sulfonamides is 1. The summed E-state index contributed by atoms with van der Waals surface area (Å²) in [6.45, 7) is 1.83. The maximum Gasteiger partial charge on any atom is 0.323 e. The van der Waals surface area contributed by atoms with Crippen molar-refractivity contribution < 1.29 is 22.7 Å². The Morgan fingerprint density at radius 3 is 2.52 bits per heavy atom. The van der Waals surface area contributed by atoms with Crippen LogP contribution in [0.3, 0.4) is 0 Å². The zero-order valence-corrected chi connectivity index (χ0v) is 17.0. The van der Waals surface area contributed by atoms with Gasteiger partial charge in [0.25, 0.3) is 10.0 Å². The van der Waals surface area contributed by atoms with Gasteiger partial charge in [-0.3, -0.25) is 9.10 Å². The van der Waals surface area contributed by atoms with Crippen molar-refractivity contribution in [1.82, 2.24) is 9.55 Å². The predicted molar refractivity (Wildman–Crippen MR) is 108 cm³/mol. The lowest BCUT2D eigenvalue weighted by Gasteiger charge is -2.19. The number of imidazole rings is 1. The monoisotopic (exact) mass is 419 g/mol. The molecule has 0 radical (unpaired) electrons. The molecule has 0 aliphatic carbocycles. The van der Waals surface area contributed by atoms with Gasteiger partial charge in [-0.15, -0.1) is 0 Å². The maximum atomic E-state index is 13.1. The van der Waals surface area contributed by atoms with E-state index in [-0.39, 0.29) is 11.4 Å². The fourth-order valence-corrected chi connectivity index (χ4v) is 4.29. The molecule has 154 valence electrons. The Morgan fingerprint density at radius 2 is 1.90 bits per heavy atom. The van der Waals surface area contributed by atoms with Gasteiger partial charge in [-0.1, -0.05) is 13.3 Å². The summed E-state index contributed by atoms with van der Waals surface area (Å²) in [5.74, 6) is -0.829. The number of aryl methyl sites for hydroxylation is 1. The molecule has 3 aromatic rings. The summed E-state index contributed by atoms with van der Waals surface area (Å²) >= 11 is 0. The molecule has 0 saturated heterocycles. The average Bonchev–Trinajstić information content (AvgIpc) is 3.02. The van der Waals surface area contributed by atoms with E-state index in [1.807, 2.05) is 6.92 Å². The molecule has 0 aliphatic rings. The third-order valence-electron chi connectivity index (χ3n) is 4.69. The fraction of sp³-hybridized carbons (Fsp3) is 0.300. The Morgan fingerprint density at radius 1 is 1.21 bits per heavy atom. The molecule has 9 heteroatoms. The van der Waals surface area contributed by atoms with Crippen LogP contribution in [0.5, 0.6) is 0 Å². The molecule has 0 saturated carbocycles. The SMILES string of the molecule is CCCCc1nc2cc(N(C)S(=O)(=O)c3ccc(F)cc3)ccc2n1CC(=O)O. The summed E-state index contributed by atoms with van der Waals surface area (Å²) in [4.78, 5) is 15.8. The summed E-state index contributed by atoms with van der Waals surface area (Å²) in [5.41, 5.74) is 1.54. The number of hydrogen-bond donors (Lipinski definition) is 1. The summed E-state index contributed by atoms with van der Waals surface area (Å²) in [5, 5.41) is 9.23. The molecule has 0 spiro atoms. The molecule has 0 atom stereocenters. The van der Waals surface area contributed by atoms with E-state index < -0.39 is 21.8 Å². The summed E-state index contributed by atoms with van der Waals surface area (Å²) < 4.78 is 41.6. The summed E-state index contributed by atoms with van der Waals surface area (Å²) in [6, 6.07) is 9.51. The highest BCUT2D eigenvalue weighted by molar-refractivity contribution is 7.92. The first kappa shape index (κ1) is 20.8. The number of hydrogen-bond acceptors (Lipinski definition) is 4. The van der Waals surface area contributed by atoms with E-state index in [0.717, 1.165) is 29.3 Å². The van der Waals surface area contributed by atoms with Gasteiger partial charge >= 0.3 is 5.97 Å². The fourth-order valence-electron chi connectivity index (χ4n) is 3.10. The summed E-state index contributed by atoms with van der Waals surface area (Å²) in [6.07, 6.45) is 2.45. The minimum absolute atomic E-state index is 0.0264. The molecule has 1 aromatic heterocycles. The van der Waals surface area contributed by atoms with Crippen LogP contribution in [-0.2, 0) is 27.8 Å². The van der Waals surface area contributed by atoms with Gasteiger partial charge in [-0.25, -0.2) is 17.8 Å². The Labute approximate surface area is 168 Å². The molecule has 2 aromatic carbocycles. The Balaban J connectivity index is 2.02. The number of carboxylic acid groups (broad SMARTS) is 1. The quantitative estimate of drug-likeness (QED) is 0.604. The number of nitrogens with zero attached hydrogens (tertiary/aromatic N) is 3. The lowest BCUT2D eigenvalue weighted by molar-refractivity contribution is -0.137. The van der Waals surface area contributed by atoms with Crippen molar-refractivity contribution in [2.45, 2.75) is 37.6 Å². The van der Waals surface area contributed by atoms with Crippen LogP contribution in [-0.4, -0.2) is 36.1 Å². The van der Waals surface area contributed by atoms with E-state index in [4.69, 9.17) is 0 Å². The van der Waals surface area contributed by atoms with Gasteiger partial charge in [0.1, 0.15) is 18.2 Å². The van der Waals surface area contributed by atoms with Crippen molar-refractivity contribution in [1.29, 1.82) is 0 Å². The molecule has 0 fully saturated rings. The van der Waals surface area contributed by atoms with Crippen LogP contribution in [0.2, 0.25) is 0 Å². The van der Waals surface area contributed by atoms with E-state index in [1.165, 1.54) is 19.2 Å². The van der Waals surface area contributed by atoms with Gasteiger partial charge in [0, 0.05) is 13.5 Å². The number of fused-ring (bicyclic) bond motifs is 1. The number of rotatable bonds is 8. The van der Waals surface area contributed by atoms with Crippen molar-refractivity contribution >= 4 is 32.7 Å². The van der Waals surface area contributed by atoms with Crippen LogP contribution in [0.15, 0.2) is 47.4 Å². The number of benzene rings is 2. The summed E-state index contributed by atoms with van der Waals surface area (Å²) in [7, 11) is -2.47. The zero-order chi connectivity index (χ0) is 21.2. The molecule has 3 rings (SSSR count). The number of halogens is 1. The maximum absolute atomic E-state index is 13.1. The van der Waals surface area contributed by atoms with E-state index in [2.05, 4.69) is 4.98 Å². The van der Waals surface area contributed by atoms with Crippen LogP contribution in [0.1, 0.15) is 25.6 Å². The lowest BCUT2D eigenvalue weighted by atomic mass is 10.2. The number of carboxylic acids is 1. The molecule has 1 N–H and O–H groups in total. The lowest BCUT2D eigenvalue weighted by Crippen LogP contribution is -2.26. The first-order chi connectivity index (χ1) is 13.7. The molecular weight excluding hydrogens is 397 g/mol. The highest BCUT2D eigenvalue weighted by Gasteiger charge is 2.22. The third kappa shape index (κ3) is 4.24. The van der Waals surface area contributed by atoms with Crippen LogP contribution >= 0.6 is 0 Å². The second kappa shape index (κ2) is 8.20. The van der Waals surface area contributed by atoms with Crippen molar-refractivity contribution in [3.05, 3.63) is 54.1 Å². The normalized spacial score (nSPS) is 11.7. The van der Waals surface area contributed by atoms with Gasteiger partial charge in [0.05, 0.1) is 21.6 Å². The smallest absolute Gasteiger partial charge is 0.323 e. The number of carbonyl (C=O) groups is 1. The van der Waals surface area contributed by atoms with E-state index in [1.54, 1.807) is 22.8 Å². The molecule has 0 bridgehead atoms. The Kier molecular flexibility index (Phi) is 5.88. The standard InChI is InChI=1S/C20H22FN3O4S/c1-3-4-5-19-22-17-12-15(8-11-18(17)24(19)13-20(25)26)23(2)29(27,28)16-9-6-14(21)7-10-16/h6-12H,3-5,13H2,1-2H3,(H,25,26). The van der Waals surface area contributed by atoms with Crippen LogP contribution in [0.4, 0.5) is 10.1 Å². The minimum atomic E-state index is -3.88. The van der Waals surface area contributed by atoms with E-state index >= 15 is 0 Å². The number of anilines is 1. The van der Waals surface area contributed by atoms with Gasteiger partial charge in [-0.2, -0.15) is 0 Å². The van der Waals surface area contributed by atoms with Gasteiger partial charge < -0.3 is 9.67 Å². The van der Waals surface area contributed by atoms with Crippen molar-refractivity contribution in [2.24, 2.45) is 0 Å². The predicted octanol–water partition coefficient (Wildman–Crippen LogP) is 3.43. The van der Waals surface area contributed by atoms with Gasteiger partial charge in [0.2, 0.25) is 0 Å². The molecule has 7 nitrogen and oxygen atoms in total. The molecule has 0 amide bonds. The Hall–Kier alpha value is -2.94. The second-order valence-corrected chi connectivity index (χ2v) is 8.68.